The molecule has 0 amide bonds. The van der Waals surface area contributed by atoms with Crippen molar-refractivity contribution in [3.8, 4) is 10.7 Å². The molecule has 28 heavy (non-hydrogen) atoms. The van der Waals surface area contributed by atoms with E-state index in [1.807, 2.05) is 35.8 Å². The fourth-order valence-electron chi connectivity index (χ4n) is 3.37. The molecule has 4 heterocycles. The Morgan fingerprint density at radius 1 is 1.04 bits per heavy atom. The van der Waals surface area contributed by atoms with E-state index >= 15 is 0 Å². The molecular formula is C21H26N6S. The summed E-state index contributed by atoms with van der Waals surface area (Å²) in [6, 6.07) is 9.99. The number of likely N-dealkylation sites (tertiary alicyclic amines) is 1. The molecule has 0 aliphatic carbocycles. The Bertz CT molecular complexity index is 844. The number of hydrogen-bond acceptors (Lipinski definition) is 7. The molecule has 0 aromatic carbocycles. The summed E-state index contributed by atoms with van der Waals surface area (Å²) in [5.74, 6) is 1.56. The van der Waals surface area contributed by atoms with Gasteiger partial charge in [0.15, 0.2) is 0 Å². The van der Waals surface area contributed by atoms with Crippen LogP contribution < -0.4 is 10.6 Å². The first kappa shape index (κ1) is 19.0. The van der Waals surface area contributed by atoms with Gasteiger partial charge in [0.1, 0.15) is 22.3 Å². The third kappa shape index (κ3) is 5.34. The van der Waals surface area contributed by atoms with Crippen LogP contribution in [0, 0.1) is 0 Å². The Morgan fingerprint density at radius 3 is 2.75 bits per heavy atom. The Hall–Kier alpha value is -2.35. The zero-order valence-electron chi connectivity index (χ0n) is 16.0. The standard InChI is InChI=1S/C21H26N6S/c1-2-12-27(11-1)13-4-9-22-15-17-7-8-19(24-16-17)26-20-6-3-5-18(25-20)21-23-10-14-28-21/h3,5-8,10,14,16,22H,1-2,4,9,11-13,15H2,(H,24,25,26). The zero-order valence-corrected chi connectivity index (χ0v) is 16.8. The highest BCUT2D eigenvalue weighted by molar-refractivity contribution is 7.13. The van der Waals surface area contributed by atoms with Crippen molar-refractivity contribution < 1.29 is 0 Å². The maximum atomic E-state index is 4.62. The smallest absolute Gasteiger partial charge is 0.141 e. The van der Waals surface area contributed by atoms with Gasteiger partial charge in [-0.3, -0.25) is 0 Å². The number of nitrogens with one attached hydrogen (secondary N) is 2. The Balaban J connectivity index is 1.24. The lowest BCUT2D eigenvalue weighted by atomic mass is 10.2. The van der Waals surface area contributed by atoms with Crippen LogP contribution in [-0.4, -0.2) is 46.0 Å². The summed E-state index contributed by atoms with van der Waals surface area (Å²) in [4.78, 5) is 16.0. The van der Waals surface area contributed by atoms with Crippen molar-refractivity contribution >= 4 is 23.0 Å². The monoisotopic (exact) mass is 394 g/mol. The van der Waals surface area contributed by atoms with Crippen LogP contribution in [0.15, 0.2) is 48.1 Å². The minimum Gasteiger partial charge on any atom is -0.325 e. The largest absolute Gasteiger partial charge is 0.325 e. The number of thiazole rings is 1. The molecule has 0 spiro atoms. The second-order valence-electron chi connectivity index (χ2n) is 7.00. The van der Waals surface area contributed by atoms with Gasteiger partial charge in [-0.15, -0.1) is 11.3 Å². The third-order valence-electron chi connectivity index (χ3n) is 4.84. The first-order chi connectivity index (χ1) is 13.9. The predicted octanol–water partition coefficient (Wildman–Crippen LogP) is 3.92. The van der Waals surface area contributed by atoms with Crippen molar-refractivity contribution in [3.05, 3.63) is 53.7 Å². The van der Waals surface area contributed by atoms with E-state index < -0.39 is 0 Å². The molecule has 6 nitrogen and oxygen atoms in total. The van der Waals surface area contributed by atoms with E-state index in [1.165, 1.54) is 44.5 Å². The van der Waals surface area contributed by atoms with Crippen LogP contribution in [0.4, 0.5) is 11.6 Å². The molecule has 1 aliphatic heterocycles. The molecular weight excluding hydrogens is 368 g/mol. The van der Waals surface area contributed by atoms with E-state index in [1.54, 1.807) is 17.5 Å². The molecule has 146 valence electrons. The fourth-order valence-corrected chi connectivity index (χ4v) is 3.98. The lowest BCUT2D eigenvalue weighted by molar-refractivity contribution is 0.331. The quantitative estimate of drug-likeness (QED) is 0.536. The number of hydrogen-bond donors (Lipinski definition) is 2. The van der Waals surface area contributed by atoms with Gasteiger partial charge < -0.3 is 15.5 Å². The van der Waals surface area contributed by atoms with Crippen LogP contribution in [0.2, 0.25) is 0 Å². The Labute approximate surface area is 170 Å². The average Bonchev–Trinajstić information content (AvgIpc) is 3.44. The average molecular weight is 395 g/mol. The van der Waals surface area contributed by atoms with Crippen molar-refractivity contribution in [1.82, 2.24) is 25.2 Å². The number of nitrogens with zero attached hydrogens (tertiary/aromatic N) is 4. The highest BCUT2D eigenvalue weighted by atomic mass is 32.1. The molecule has 1 fully saturated rings. The second-order valence-corrected chi connectivity index (χ2v) is 7.90. The second kappa shape index (κ2) is 9.73. The molecule has 0 bridgehead atoms. The van der Waals surface area contributed by atoms with E-state index in [0.29, 0.717) is 0 Å². The van der Waals surface area contributed by atoms with Crippen LogP contribution >= 0.6 is 11.3 Å². The van der Waals surface area contributed by atoms with Gasteiger partial charge in [0.25, 0.3) is 0 Å². The molecule has 0 atom stereocenters. The van der Waals surface area contributed by atoms with Crippen molar-refractivity contribution in [2.45, 2.75) is 25.8 Å². The molecule has 1 saturated heterocycles. The first-order valence-electron chi connectivity index (χ1n) is 9.89. The molecule has 0 radical (unpaired) electrons. The van der Waals surface area contributed by atoms with Gasteiger partial charge in [0, 0.05) is 24.3 Å². The summed E-state index contributed by atoms with van der Waals surface area (Å²) in [6.07, 6.45) is 7.64. The predicted molar refractivity (Wildman–Crippen MR) is 115 cm³/mol. The summed E-state index contributed by atoms with van der Waals surface area (Å²) in [7, 11) is 0. The van der Waals surface area contributed by atoms with Crippen LogP contribution in [0.3, 0.4) is 0 Å². The van der Waals surface area contributed by atoms with Gasteiger partial charge in [-0.2, -0.15) is 0 Å². The number of aromatic nitrogens is 3. The summed E-state index contributed by atoms with van der Waals surface area (Å²) >= 11 is 1.58. The lowest BCUT2D eigenvalue weighted by Gasteiger charge is -2.14. The molecule has 3 aromatic rings. The third-order valence-corrected chi connectivity index (χ3v) is 5.63. The number of rotatable bonds is 9. The molecule has 4 rings (SSSR count). The SMILES string of the molecule is c1cc(Nc2ccc(CNCCCN3CCCC3)cn2)nc(-c2nccs2)c1. The molecule has 2 N–H and O–H groups in total. The Morgan fingerprint density at radius 2 is 1.96 bits per heavy atom. The molecule has 0 unspecified atom stereocenters. The minimum atomic E-state index is 0.771. The highest BCUT2D eigenvalue weighted by Crippen LogP contribution is 2.22. The van der Waals surface area contributed by atoms with Gasteiger partial charge in [-0.1, -0.05) is 12.1 Å². The van der Waals surface area contributed by atoms with E-state index in [4.69, 9.17) is 0 Å². The van der Waals surface area contributed by atoms with Crippen molar-refractivity contribution in [2.24, 2.45) is 0 Å². The summed E-state index contributed by atoms with van der Waals surface area (Å²) < 4.78 is 0. The van der Waals surface area contributed by atoms with Crippen LogP contribution in [0.25, 0.3) is 10.7 Å². The van der Waals surface area contributed by atoms with Gasteiger partial charge in [-0.05, 0) is 69.2 Å². The van der Waals surface area contributed by atoms with Gasteiger partial charge in [0.05, 0.1) is 0 Å². The van der Waals surface area contributed by atoms with Crippen LogP contribution in [0.1, 0.15) is 24.8 Å². The Kier molecular flexibility index (Phi) is 6.60. The van der Waals surface area contributed by atoms with E-state index in [0.717, 1.165) is 35.4 Å². The molecule has 1 aliphatic rings. The normalized spacial score (nSPS) is 14.4. The first-order valence-corrected chi connectivity index (χ1v) is 10.8. The summed E-state index contributed by atoms with van der Waals surface area (Å²) in [6.45, 7) is 5.66. The van der Waals surface area contributed by atoms with E-state index in [-0.39, 0.29) is 0 Å². The fraction of sp³-hybridized carbons (Fsp3) is 0.381. The van der Waals surface area contributed by atoms with Crippen molar-refractivity contribution in [2.75, 3.05) is 31.5 Å². The van der Waals surface area contributed by atoms with Gasteiger partial charge >= 0.3 is 0 Å². The number of pyridine rings is 2. The van der Waals surface area contributed by atoms with Gasteiger partial charge in [-0.25, -0.2) is 15.0 Å². The summed E-state index contributed by atoms with van der Waals surface area (Å²) in [5.41, 5.74) is 2.06. The highest BCUT2D eigenvalue weighted by Gasteiger charge is 2.10. The summed E-state index contributed by atoms with van der Waals surface area (Å²) in [5, 5.41) is 9.66. The van der Waals surface area contributed by atoms with E-state index in [9.17, 15) is 0 Å². The van der Waals surface area contributed by atoms with Crippen molar-refractivity contribution in [3.63, 3.8) is 0 Å². The maximum Gasteiger partial charge on any atom is 0.141 e. The topological polar surface area (TPSA) is 66.0 Å². The lowest BCUT2D eigenvalue weighted by Crippen LogP contribution is -2.24. The zero-order chi connectivity index (χ0) is 19.0. The number of anilines is 2. The minimum absolute atomic E-state index is 0.771. The van der Waals surface area contributed by atoms with Crippen molar-refractivity contribution in [1.29, 1.82) is 0 Å². The van der Waals surface area contributed by atoms with E-state index in [2.05, 4.69) is 36.6 Å². The molecule has 7 heteroatoms. The molecule has 3 aromatic heterocycles. The van der Waals surface area contributed by atoms with Crippen LogP contribution in [-0.2, 0) is 6.54 Å². The van der Waals surface area contributed by atoms with Gasteiger partial charge in [0.2, 0.25) is 0 Å². The maximum absolute atomic E-state index is 4.62. The molecule has 0 saturated carbocycles. The van der Waals surface area contributed by atoms with Crippen LogP contribution in [0.5, 0.6) is 0 Å².